The van der Waals surface area contributed by atoms with Crippen LogP contribution in [0.1, 0.15) is 33.4 Å². The van der Waals surface area contributed by atoms with Gasteiger partial charge in [0, 0.05) is 24.8 Å². The second kappa shape index (κ2) is 7.24. The van der Waals surface area contributed by atoms with Gasteiger partial charge >= 0.3 is 6.09 Å². The lowest BCUT2D eigenvalue weighted by Gasteiger charge is -2.29. The fourth-order valence-electron chi connectivity index (χ4n) is 2.10. The molecule has 20 heavy (non-hydrogen) atoms. The number of nitrogens with zero attached hydrogens (tertiary/aromatic N) is 3. The standard InChI is InChI=1S/C15H25N3O2/c1-11(2)18(12(3)4)15(19)20-14-8-7-9-16-13(14)10-17(5)6/h7-9,11-12H,10H2,1-6H3. The lowest BCUT2D eigenvalue weighted by Crippen LogP contribution is -2.43. The summed E-state index contributed by atoms with van der Waals surface area (Å²) in [5.74, 6) is 0.525. The van der Waals surface area contributed by atoms with Crippen LogP contribution in [0.3, 0.4) is 0 Å². The van der Waals surface area contributed by atoms with Crippen molar-refractivity contribution in [1.29, 1.82) is 0 Å². The van der Waals surface area contributed by atoms with Gasteiger partial charge in [0.2, 0.25) is 0 Å². The van der Waals surface area contributed by atoms with Crippen LogP contribution < -0.4 is 4.74 Å². The molecule has 5 nitrogen and oxygen atoms in total. The minimum atomic E-state index is -0.331. The lowest BCUT2D eigenvalue weighted by atomic mass is 10.2. The van der Waals surface area contributed by atoms with Crippen LogP contribution in [0.25, 0.3) is 0 Å². The Morgan fingerprint density at radius 1 is 1.25 bits per heavy atom. The molecule has 0 atom stereocenters. The predicted molar refractivity (Wildman–Crippen MR) is 79.8 cm³/mol. The summed E-state index contributed by atoms with van der Waals surface area (Å²) in [5.41, 5.74) is 0.762. The Balaban J connectivity index is 2.89. The Hall–Kier alpha value is -1.62. The van der Waals surface area contributed by atoms with E-state index >= 15 is 0 Å². The van der Waals surface area contributed by atoms with E-state index in [4.69, 9.17) is 4.74 Å². The molecule has 1 aromatic rings. The number of rotatable bonds is 5. The zero-order chi connectivity index (χ0) is 15.3. The zero-order valence-electron chi connectivity index (χ0n) is 13.3. The van der Waals surface area contributed by atoms with Crippen LogP contribution in [-0.2, 0) is 6.54 Å². The Morgan fingerprint density at radius 2 is 1.85 bits per heavy atom. The first kappa shape index (κ1) is 16.4. The summed E-state index contributed by atoms with van der Waals surface area (Å²) in [5, 5.41) is 0. The summed E-state index contributed by atoms with van der Waals surface area (Å²) in [6.07, 6.45) is 1.38. The van der Waals surface area contributed by atoms with Crippen molar-refractivity contribution in [3.8, 4) is 5.75 Å². The van der Waals surface area contributed by atoms with Crippen LogP contribution in [-0.4, -0.2) is 47.1 Å². The Bertz CT molecular complexity index is 436. The quantitative estimate of drug-likeness (QED) is 0.831. The molecule has 0 aromatic carbocycles. The van der Waals surface area contributed by atoms with Crippen LogP contribution in [0.2, 0.25) is 0 Å². The molecule has 0 N–H and O–H groups in total. The number of aromatic nitrogens is 1. The van der Waals surface area contributed by atoms with Gasteiger partial charge < -0.3 is 14.5 Å². The van der Waals surface area contributed by atoms with Gasteiger partial charge in [-0.2, -0.15) is 0 Å². The SMILES string of the molecule is CC(C)N(C(=O)Oc1cccnc1CN(C)C)C(C)C. The number of pyridine rings is 1. The van der Waals surface area contributed by atoms with Crippen LogP contribution >= 0.6 is 0 Å². The summed E-state index contributed by atoms with van der Waals surface area (Å²) in [7, 11) is 3.91. The summed E-state index contributed by atoms with van der Waals surface area (Å²) in [4.78, 5) is 20.3. The largest absolute Gasteiger partial charge is 0.415 e. The monoisotopic (exact) mass is 279 g/mol. The van der Waals surface area contributed by atoms with E-state index < -0.39 is 0 Å². The van der Waals surface area contributed by atoms with Gasteiger partial charge in [-0.1, -0.05) is 0 Å². The maximum Gasteiger partial charge on any atom is 0.415 e. The molecule has 1 aromatic heterocycles. The molecule has 0 aliphatic rings. The third kappa shape index (κ3) is 4.49. The van der Waals surface area contributed by atoms with Gasteiger partial charge in [0.05, 0.1) is 5.69 Å². The second-order valence-corrected chi connectivity index (χ2v) is 5.65. The molecule has 0 radical (unpaired) electrons. The highest BCUT2D eigenvalue weighted by molar-refractivity contribution is 5.71. The van der Waals surface area contributed by atoms with E-state index in [2.05, 4.69) is 4.98 Å². The number of carbonyl (C=O) groups excluding carboxylic acids is 1. The van der Waals surface area contributed by atoms with Crippen molar-refractivity contribution < 1.29 is 9.53 Å². The summed E-state index contributed by atoms with van der Waals surface area (Å²) < 4.78 is 5.53. The molecular weight excluding hydrogens is 254 g/mol. The molecule has 0 unspecified atom stereocenters. The molecule has 0 bridgehead atoms. The minimum Gasteiger partial charge on any atom is -0.408 e. The topological polar surface area (TPSA) is 45.7 Å². The van der Waals surface area contributed by atoms with Crippen LogP contribution in [0.4, 0.5) is 4.79 Å². The third-order valence-electron chi connectivity index (χ3n) is 2.84. The maximum atomic E-state index is 12.3. The number of ether oxygens (including phenoxy) is 1. The third-order valence-corrected chi connectivity index (χ3v) is 2.84. The smallest absolute Gasteiger partial charge is 0.408 e. The van der Waals surface area contributed by atoms with E-state index in [9.17, 15) is 4.79 Å². The fraction of sp³-hybridized carbons (Fsp3) is 0.600. The molecule has 5 heteroatoms. The molecule has 1 heterocycles. The highest BCUT2D eigenvalue weighted by Gasteiger charge is 2.23. The van der Waals surface area contributed by atoms with E-state index in [0.29, 0.717) is 12.3 Å². The van der Waals surface area contributed by atoms with Crippen LogP contribution in [0.5, 0.6) is 5.75 Å². The number of hydrogen-bond acceptors (Lipinski definition) is 4. The van der Waals surface area contributed by atoms with Crippen molar-refractivity contribution in [1.82, 2.24) is 14.8 Å². The first-order valence-corrected chi connectivity index (χ1v) is 6.91. The van der Waals surface area contributed by atoms with E-state index in [1.807, 2.05) is 46.7 Å². The molecular formula is C15H25N3O2. The van der Waals surface area contributed by atoms with Crippen LogP contribution in [0, 0.1) is 0 Å². The molecule has 1 rings (SSSR count). The van der Waals surface area contributed by atoms with Crippen molar-refractivity contribution in [2.75, 3.05) is 14.1 Å². The van der Waals surface area contributed by atoms with Gasteiger partial charge in [0.15, 0.2) is 5.75 Å². The van der Waals surface area contributed by atoms with Gasteiger partial charge in [-0.05, 0) is 53.9 Å². The van der Waals surface area contributed by atoms with Crippen molar-refractivity contribution in [3.63, 3.8) is 0 Å². The van der Waals surface area contributed by atoms with Gasteiger partial charge in [-0.15, -0.1) is 0 Å². The average Bonchev–Trinajstić information content (AvgIpc) is 2.29. The highest BCUT2D eigenvalue weighted by atomic mass is 16.6. The average molecular weight is 279 g/mol. The Labute approximate surface area is 121 Å². The molecule has 112 valence electrons. The van der Waals surface area contributed by atoms with Crippen molar-refractivity contribution >= 4 is 6.09 Å². The van der Waals surface area contributed by atoms with Crippen molar-refractivity contribution in [3.05, 3.63) is 24.0 Å². The van der Waals surface area contributed by atoms with Gasteiger partial charge in [0.1, 0.15) is 0 Å². The Kier molecular flexibility index (Phi) is 5.95. The van der Waals surface area contributed by atoms with E-state index in [1.54, 1.807) is 23.2 Å². The lowest BCUT2D eigenvalue weighted by molar-refractivity contribution is 0.122. The number of amides is 1. The summed E-state index contributed by atoms with van der Waals surface area (Å²) in [6.45, 7) is 8.54. The molecule has 0 aliphatic carbocycles. The Morgan fingerprint density at radius 3 is 2.35 bits per heavy atom. The molecule has 1 amide bonds. The van der Waals surface area contributed by atoms with E-state index in [-0.39, 0.29) is 18.2 Å². The van der Waals surface area contributed by atoms with E-state index in [1.165, 1.54) is 0 Å². The normalized spacial score (nSPS) is 11.2. The molecule has 0 saturated carbocycles. The maximum absolute atomic E-state index is 12.3. The molecule has 0 aliphatic heterocycles. The van der Waals surface area contributed by atoms with Crippen molar-refractivity contribution in [2.45, 2.75) is 46.3 Å². The van der Waals surface area contributed by atoms with Crippen molar-refractivity contribution in [2.24, 2.45) is 0 Å². The molecule has 0 fully saturated rings. The highest BCUT2D eigenvalue weighted by Crippen LogP contribution is 2.19. The minimum absolute atomic E-state index is 0.0940. The number of carbonyl (C=O) groups is 1. The predicted octanol–water partition coefficient (Wildman–Crippen LogP) is 2.76. The first-order valence-electron chi connectivity index (χ1n) is 6.91. The summed E-state index contributed by atoms with van der Waals surface area (Å²) >= 11 is 0. The summed E-state index contributed by atoms with van der Waals surface area (Å²) in [6, 6.07) is 3.74. The van der Waals surface area contributed by atoms with Gasteiger partial charge in [-0.3, -0.25) is 4.98 Å². The number of hydrogen-bond donors (Lipinski definition) is 0. The first-order chi connectivity index (χ1) is 9.32. The molecule has 0 saturated heterocycles. The van der Waals surface area contributed by atoms with E-state index in [0.717, 1.165) is 5.69 Å². The van der Waals surface area contributed by atoms with Crippen LogP contribution in [0.15, 0.2) is 18.3 Å². The van der Waals surface area contributed by atoms with Gasteiger partial charge in [-0.25, -0.2) is 4.79 Å². The fourth-order valence-corrected chi connectivity index (χ4v) is 2.10. The second-order valence-electron chi connectivity index (χ2n) is 5.65. The van der Waals surface area contributed by atoms with Gasteiger partial charge in [0.25, 0.3) is 0 Å². The molecule has 0 spiro atoms. The zero-order valence-corrected chi connectivity index (χ0v) is 13.3.